The number of ether oxygens (including phenoxy) is 2. The first-order chi connectivity index (χ1) is 17.6. The van der Waals surface area contributed by atoms with Crippen molar-refractivity contribution in [2.24, 2.45) is 0 Å². The summed E-state index contributed by atoms with van der Waals surface area (Å²) >= 11 is 6.16. The van der Waals surface area contributed by atoms with Gasteiger partial charge in [-0.05, 0) is 49.6 Å². The Morgan fingerprint density at radius 1 is 1.08 bits per heavy atom. The van der Waals surface area contributed by atoms with Crippen molar-refractivity contribution in [1.29, 1.82) is 0 Å². The molecule has 0 unspecified atom stereocenters. The van der Waals surface area contributed by atoms with E-state index in [0.717, 1.165) is 48.2 Å². The minimum Gasteiger partial charge on any atom is -0.454 e. The molecule has 0 radical (unpaired) electrons. The molecule has 2 aromatic carbocycles. The molecule has 0 bridgehead atoms. The first-order valence-corrected chi connectivity index (χ1v) is 14.6. The van der Waals surface area contributed by atoms with Gasteiger partial charge in [-0.3, -0.25) is 13.9 Å². The number of nitrogens with zero attached hydrogens (tertiary/aromatic N) is 2. The van der Waals surface area contributed by atoms with Gasteiger partial charge in [-0.15, -0.1) is 0 Å². The highest BCUT2D eigenvalue weighted by Crippen LogP contribution is 2.36. The average Bonchev–Trinajstić information content (AvgIpc) is 3.33. The van der Waals surface area contributed by atoms with E-state index in [9.17, 15) is 18.0 Å². The molecule has 1 atom stereocenters. The Morgan fingerprint density at radius 3 is 2.51 bits per heavy atom. The average molecular weight is 550 g/mol. The van der Waals surface area contributed by atoms with Crippen molar-refractivity contribution in [2.75, 3.05) is 23.9 Å². The molecule has 0 saturated heterocycles. The molecule has 1 N–H and O–H groups in total. The zero-order valence-corrected chi connectivity index (χ0v) is 22.6. The molecular weight excluding hydrogens is 518 g/mol. The van der Waals surface area contributed by atoms with Gasteiger partial charge in [0.05, 0.1) is 11.9 Å². The van der Waals surface area contributed by atoms with Gasteiger partial charge in [0.2, 0.25) is 28.6 Å². The molecular formula is C26H32ClN3O6S. The van der Waals surface area contributed by atoms with Crippen LogP contribution in [0, 0.1) is 0 Å². The summed E-state index contributed by atoms with van der Waals surface area (Å²) in [7, 11) is -3.84. The standard InChI is InChI=1S/C26H32ClN3O6S/c1-18(26(32)28-21-9-4-3-5-10-21)29(15-19-7-6-8-20(27)13-19)25(31)16-30(37(2,33)34)22-11-12-23-24(14-22)36-17-35-23/h6-8,11-14,18,21H,3-5,9-10,15-17H2,1-2H3,(H,28,32)/t18-/m0/s1. The molecule has 1 aliphatic heterocycles. The zero-order chi connectivity index (χ0) is 26.6. The molecule has 2 aliphatic rings. The lowest BCUT2D eigenvalue weighted by atomic mass is 9.95. The summed E-state index contributed by atoms with van der Waals surface area (Å²) in [4.78, 5) is 28.3. The van der Waals surface area contributed by atoms with E-state index in [4.69, 9.17) is 21.1 Å². The summed E-state index contributed by atoms with van der Waals surface area (Å²) in [6.45, 7) is 1.31. The maximum Gasteiger partial charge on any atom is 0.244 e. The highest BCUT2D eigenvalue weighted by atomic mass is 35.5. The van der Waals surface area contributed by atoms with Crippen LogP contribution in [0.15, 0.2) is 42.5 Å². The smallest absolute Gasteiger partial charge is 0.244 e. The summed E-state index contributed by atoms with van der Waals surface area (Å²) in [5.41, 5.74) is 0.995. The Balaban J connectivity index is 1.59. The number of benzene rings is 2. The number of carbonyl (C=O) groups is 2. The Hall–Kier alpha value is -2.98. The van der Waals surface area contributed by atoms with Gasteiger partial charge in [0.15, 0.2) is 11.5 Å². The topological polar surface area (TPSA) is 105 Å². The summed E-state index contributed by atoms with van der Waals surface area (Å²) in [6.07, 6.45) is 6.12. The SMILES string of the molecule is C[C@@H](C(=O)NC1CCCCC1)N(Cc1cccc(Cl)c1)C(=O)CN(c1ccc2c(c1)OCO2)S(C)(=O)=O. The largest absolute Gasteiger partial charge is 0.454 e. The molecule has 1 aliphatic carbocycles. The van der Waals surface area contributed by atoms with Crippen LogP contribution in [0.1, 0.15) is 44.6 Å². The Kier molecular flexibility index (Phi) is 8.49. The van der Waals surface area contributed by atoms with E-state index in [1.807, 2.05) is 6.07 Å². The summed E-state index contributed by atoms with van der Waals surface area (Å²) in [5, 5.41) is 3.58. The lowest BCUT2D eigenvalue weighted by molar-refractivity contribution is -0.139. The van der Waals surface area contributed by atoms with Crippen LogP contribution < -0.4 is 19.1 Å². The highest BCUT2D eigenvalue weighted by molar-refractivity contribution is 7.92. The maximum atomic E-state index is 13.7. The molecule has 37 heavy (non-hydrogen) atoms. The van der Waals surface area contributed by atoms with Gasteiger partial charge < -0.3 is 19.7 Å². The van der Waals surface area contributed by atoms with Crippen LogP contribution in [-0.2, 0) is 26.2 Å². The number of amides is 2. The number of fused-ring (bicyclic) bond motifs is 1. The normalized spacial score (nSPS) is 16.2. The van der Waals surface area contributed by atoms with Gasteiger partial charge in [0.25, 0.3) is 0 Å². The van der Waals surface area contributed by atoms with Crippen LogP contribution in [0.4, 0.5) is 5.69 Å². The van der Waals surface area contributed by atoms with E-state index in [1.165, 1.54) is 11.0 Å². The monoisotopic (exact) mass is 549 g/mol. The third kappa shape index (κ3) is 6.87. The lowest BCUT2D eigenvalue weighted by Crippen LogP contribution is -2.52. The first-order valence-electron chi connectivity index (χ1n) is 12.3. The molecule has 200 valence electrons. The van der Waals surface area contributed by atoms with Gasteiger partial charge in [-0.1, -0.05) is 43.0 Å². The van der Waals surface area contributed by atoms with E-state index in [1.54, 1.807) is 37.3 Å². The van der Waals surface area contributed by atoms with Crippen LogP contribution in [0.3, 0.4) is 0 Å². The minimum absolute atomic E-state index is 0.0393. The summed E-state index contributed by atoms with van der Waals surface area (Å²) in [5.74, 6) is 0.111. The number of halogens is 1. The predicted octanol–water partition coefficient (Wildman–Crippen LogP) is 3.70. The minimum atomic E-state index is -3.84. The van der Waals surface area contributed by atoms with E-state index in [0.29, 0.717) is 16.5 Å². The van der Waals surface area contributed by atoms with Crippen LogP contribution in [0.5, 0.6) is 11.5 Å². The molecule has 2 amide bonds. The number of hydrogen-bond acceptors (Lipinski definition) is 6. The number of anilines is 1. The fraction of sp³-hybridized carbons (Fsp3) is 0.462. The van der Waals surface area contributed by atoms with Gasteiger partial charge in [0.1, 0.15) is 12.6 Å². The van der Waals surface area contributed by atoms with Crippen molar-refractivity contribution in [1.82, 2.24) is 10.2 Å². The van der Waals surface area contributed by atoms with Gasteiger partial charge in [0, 0.05) is 23.7 Å². The molecule has 0 spiro atoms. The number of hydrogen-bond donors (Lipinski definition) is 1. The second kappa shape index (κ2) is 11.6. The van der Waals surface area contributed by atoms with Gasteiger partial charge in [-0.25, -0.2) is 8.42 Å². The first kappa shape index (κ1) is 27.1. The quantitative estimate of drug-likeness (QED) is 0.511. The van der Waals surface area contributed by atoms with E-state index < -0.39 is 28.5 Å². The van der Waals surface area contributed by atoms with E-state index in [2.05, 4.69) is 5.32 Å². The third-order valence-corrected chi connectivity index (χ3v) is 8.06. The molecule has 11 heteroatoms. The van der Waals surface area contributed by atoms with Crippen LogP contribution in [0.25, 0.3) is 0 Å². The summed E-state index contributed by atoms with van der Waals surface area (Å²) in [6, 6.07) is 11.0. The van der Waals surface area contributed by atoms with Crippen molar-refractivity contribution in [3.63, 3.8) is 0 Å². The molecule has 4 rings (SSSR count). The van der Waals surface area contributed by atoms with Crippen molar-refractivity contribution in [3.8, 4) is 11.5 Å². The Morgan fingerprint density at radius 2 is 1.81 bits per heavy atom. The number of sulfonamides is 1. The third-order valence-electron chi connectivity index (χ3n) is 6.68. The van der Waals surface area contributed by atoms with Crippen LogP contribution in [-0.4, -0.2) is 56.8 Å². The van der Waals surface area contributed by atoms with E-state index >= 15 is 0 Å². The second-order valence-corrected chi connectivity index (χ2v) is 11.8. The van der Waals surface area contributed by atoms with Crippen molar-refractivity contribution >= 4 is 39.1 Å². The predicted molar refractivity (Wildman–Crippen MR) is 141 cm³/mol. The van der Waals surface area contributed by atoms with Crippen molar-refractivity contribution in [2.45, 2.75) is 57.7 Å². The number of carbonyl (C=O) groups excluding carboxylic acids is 2. The van der Waals surface area contributed by atoms with Crippen molar-refractivity contribution in [3.05, 3.63) is 53.1 Å². The van der Waals surface area contributed by atoms with E-state index in [-0.39, 0.29) is 31.0 Å². The Labute approximate surface area is 222 Å². The fourth-order valence-electron chi connectivity index (χ4n) is 4.64. The van der Waals surface area contributed by atoms with Crippen LogP contribution in [0.2, 0.25) is 5.02 Å². The number of rotatable bonds is 9. The maximum absolute atomic E-state index is 13.7. The molecule has 0 aromatic heterocycles. The molecule has 1 saturated carbocycles. The van der Waals surface area contributed by atoms with Gasteiger partial charge in [-0.2, -0.15) is 0 Å². The summed E-state index contributed by atoms with van der Waals surface area (Å²) < 4.78 is 37.2. The van der Waals surface area contributed by atoms with Crippen molar-refractivity contribution < 1.29 is 27.5 Å². The highest BCUT2D eigenvalue weighted by Gasteiger charge is 2.31. The zero-order valence-electron chi connectivity index (χ0n) is 21.0. The Bertz CT molecular complexity index is 1250. The number of nitrogens with one attached hydrogen (secondary N) is 1. The molecule has 1 heterocycles. The molecule has 1 fully saturated rings. The molecule has 2 aromatic rings. The second-order valence-electron chi connectivity index (χ2n) is 9.48. The molecule has 9 nitrogen and oxygen atoms in total. The van der Waals surface area contributed by atoms with Gasteiger partial charge >= 0.3 is 0 Å². The fourth-order valence-corrected chi connectivity index (χ4v) is 5.69. The lowest BCUT2D eigenvalue weighted by Gasteiger charge is -2.33. The van der Waals surface area contributed by atoms with Crippen LogP contribution >= 0.6 is 11.6 Å².